The lowest BCUT2D eigenvalue weighted by Crippen LogP contribution is -2.51. The molecule has 1 aromatic rings. The molecule has 0 atom stereocenters. The maximum absolute atomic E-state index is 5.86. The molecule has 3 nitrogen and oxygen atoms in total. The third kappa shape index (κ3) is 4.97. The summed E-state index contributed by atoms with van der Waals surface area (Å²) in [4.78, 5) is 2.55. The molecule has 21 heavy (non-hydrogen) atoms. The van der Waals surface area contributed by atoms with E-state index in [1.54, 1.807) is 0 Å². The Balaban J connectivity index is 1.82. The summed E-state index contributed by atoms with van der Waals surface area (Å²) in [6, 6.07) is 8.06. The number of nitrogens with zero attached hydrogens (tertiary/aromatic N) is 1. The fourth-order valence-corrected chi connectivity index (χ4v) is 3.22. The van der Waals surface area contributed by atoms with Crippen LogP contribution in [0.2, 0.25) is 0 Å². The van der Waals surface area contributed by atoms with Crippen molar-refractivity contribution in [1.82, 2.24) is 10.2 Å². The Bertz CT molecular complexity index is 417. The molecule has 1 heterocycles. The Labute approximate surface area is 137 Å². The Morgan fingerprint density at radius 2 is 1.95 bits per heavy atom. The number of hydrogen-bond acceptors (Lipinski definition) is 3. The van der Waals surface area contributed by atoms with E-state index in [0.29, 0.717) is 0 Å². The topological polar surface area (TPSA) is 24.5 Å². The second-order valence-electron chi connectivity index (χ2n) is 5.85. The fourth-order valence-electron chi connectivity index (χ4n) is 2.96. The summed E-state index contributed by atoms with van der Waals surface area (Å²) in [6.07, 6.45) is 3.60. The Morgan fingerprint density at radius 3 is 2.62 bits per heavy atom. The average Bonchev–Trinajstić information content (AvgIpc) is 2.72. The molecule has 0 unspecified atom stereocenters. The van der Waals surface area contributed by atoms with Crippen LogP contribution in [0.5, 0.6) is 5.75 Å². The molecule has 0 radical (unpaired) electrons. The summed E-state index contributed by atoms with van der Waals surface area (Å²) >= 11 is 3.44. The van der Waals surface area contributed by atoms with Crippen LogP contribution < -0.4 is 10.1 Å². The summed E-state index contributed by atoms with van der Waals surface area (Å²) in [6.45, 7) is 9.76. The van der Waals surface area contributed by atoms with Crippen LogP contribution in [0.25, 0.3) is 0 Å². The van der Waals surface area contributed by atoms with Crippen LogP contribution in [0, 0.1) is 0 Å². The van der Waals surface area contributed by atoms with Crippen LogP contribution in [0.3, 0.4) is 0 Å². The van der Waals surface area contributed by atoms with Crippen molar-refractivity contribution in [3.63, 3.8) is 0 Å². The first-order valence-electron chi connectivity index (χ1n) is 8.03. The number of hydrogen-bond donors (Lipinski definition) is 1. The van der Waals surface area contributed by atoms with Crippen molar-refractivity contribution in [1.29, 1.82) is 0 Å². The van der Waals surface area contributed by atoms with E-state index >= 15 is 0 Å². The number of benzene rings is 1. The van der Waals surface area contributed by atoms with Gasteiger partial charge in [0.2, 0.25) is 0 Å². The molecule has 0 saturated carbocycles. The van der Waals surface area contributed by atoms with Gasteiger partial charge in [-0.15, -0.1) is 0 Å². The van der Waals surface area contributed by atoms with Crippen molar-refractivity contribution in [2.45, 2.75) is 38.6 Å². The van der Waals surface area contributed by atoms with Gasteiger partial charge in [-0.2, -0.15) is 0 Å². The molecule has 1 aliphatic rings. The average molecular weight is 355 g/mol. The zero-order valence-corrected chi connectivity index (χ0v) is 14.8. The molecule has 4 heteroatoms. The highest BCUT2D eigenvalue weighted by atomic mass is 79.9. The standard InChI is InChI=1S/C17H27BrN2O/c1-3-17(4-2)14-20(11-5-10-19-17)12-13-21-16-8-6-15(18)7-9-16/h6-9,19H,3-5,10-14H2,1-2H3. The first-order valence-corrected chi connectivity index (χ1v) is 8.82. The van der Waals surface area contributed by atoms with E-state index in [4.69, 9.17) is 4.74 Å². The van der Waals surface area contributed by atoms with E-state index < -0.39 is 0 Å². The van der Waals surface area contributed by atoms with Crippen LogP contribution in [0.1, 0.15) is 33.1 Å². The highest BCUT2D eigenvalue weighted by Crippen LogP contribution is 2.20. The van der Waals surface area contributed by atoms with Gasteiger partial charge < -0.3 is 10.1 Å². The lowest BCUT2D eigenvalue weighted by atomic mass is 9.92. The second-order valence-corrected chi connectivity index (χ2v) is 6.76. The van der Waals surface area contributed by atoms with Crippen molar-refractivity contribution in [3.05, 3.63) is 28.7 Å². The summed E-state index contributed by atoms with van der Waals surface area (Å²) < 4.78 is 6.94. The molecular formula is C17H27BrN2O. The molecule has 0 bridgehead atoms. The largest absolute Gasteiger partial charge is 0.492 e. The lowest BCUT2D eigenvalue weighted by molar-refractivity contribution is 0.167. The summed E-state index contributed by atoms with van der Waals surface area (Å²) in [7, 11) is 0. The minimum absolute atomic E-state index is 0.286. The van der Waals surface area contributed by atoms with Gasteiger partial charge in [-0.05, 0) is 56.6 Å². The summed E-state index contributed by atoms with van der Waals surface area (Å²) in [5.74, 6) is 0.948. The SMILES string of the molecule is CCC1(CC)CN(CCOc2ccc(Br)cc2)CCCN1. The van der Waals surface area contributed by atoms with Crippen molar-refractivity contribution in [2.24, 2.45) is 0 Å². The molecule has 0 amide bonds. The van der Waals surface area contributed by atoms with E-state index in [0.717, 1.165) is 36.5 Å². The number of halogens is 1. The van der Waals surface area contributed by atoms with Crippen molar-refractivity contribution >= 4 is 15.9 Å². The highest BCUT2D eigenvalue weighted by Gasteiger charge is 2.29. The minimum Gasteiger partial charge on any atom is -0.492 e. The zero-order valence-electron chi connectivity index (χ0n) is 13.2. The maximum Gasteiger partial charge on any atom is 0.119 e. The Hall–Kier alpha value is -0.580. The molecule has 1 aliphatic heterocycles. The molecule has 0 aromatic heterocycles. The van der Waals surface area contributed by atoms with Crippen molar-refractivity contribution in [3.8, 4) is 5.75 Å². The third-order valence-corrected chi connectivity index (χ3v) is 5.05. The first kappa shape index (κ1) is 16.8. The van der Waals surface area contributed by atoms with Crippen LogP contribution in [0.4, 0.5) is 0 Å². The van der Waals surface area contributed by atoms with Gasteiger partial charge in [0, 0.05) is 23.1 Å². The van der Waals surface area contributed by atoms with Crippen molar-refractivity contribution in [2.75, 3.05) is 32.8 Å². The van der Waals surface area contributed by atoms with E-state index in [1.165, 1.54) is 25.8 Å². The second kappa shape index (κ2) is 8.16. The summed E-state index contributed by atoms with van der Waals surface area (Å²) in [5, 5.41) is 3.75. The number of ether oxygens (including phenoxy) is 1. The van der Waals surface area contributed by atoms with E-state index in [9.17, 15) is 0 Å². The van der Waals surface area contributed by atoms with Gasteiger partial charge >= 0.3 is 0 Å². The normalized spacial score (nSPS) is 19.2. The first-order chi connectivity index (χ1) is 10.2. The van der Waals surface area contributed by atoms with Gasteiger partial charge in [0.05, 0.1) is 0 Å². The Morgan fingerprint density at radius 1 is 1.24 bits per heavy atom. The monoisotopic (exact) mass is 354 g/mol. The van der Waals surface area contributed by atoms with E-state index in [1.807, 2.05) is 24.3 Å². The van der Waals surface area contributed by atoms with Gasteiger partial charge in [-0.1, -0.05) is 29.8 Å². The van der Waals surface area contributed by atoms with Crippen LogP contribution in [-0.2, 0) is 0 Å². The summed E-state index contributed by atoms with van der Waals surface area (Å²) in [5.41, 5.74) is 0.286. The van der Waals surface area contributed by atoms with Gasteiger partial charge in [0.15, 0.2) is 0 Å². The number of rotatable bonds is 6. The van der Waals surface area contributed by atoms with Gasteiger partial charge in [-0.25, -0.2) is 0 Å². The molecule has 1 N–H and O–H groups in total. The number of nitrogens with one attached hydrogen (secondary N) is 1. The zero-order chi connectivity index (χ0) is 15.1. The molecule has 1 aromatic carbocycles. The molecule has 118 valence electrons. The van der Waals surface area contributed by atoms with E-state index in [2.05, 4.69) is 40.0 Å². The molecule has 1 fully saturated rings. The molecule has 2 rings (SSSR count). The highest BCUT2D eigenvalue weighted by molar-refractivity contribution is 9.10. The molecule has 1 saturated heterocycles. The predicted octanol–water partition coefficient (Wildman–Crippen LogP) is 3.68. The van der Waals surface area contributed by atoms with Crippen LogP contribution in [0.15, 0.2) is 28.7 Å². The molecule has 0 aliphatic carbocycles. The van der Waals surface area contributed by atoms with Gasteiger partial charge in [0.1, 0.15) is 12.4 Å². The lowest BCUT2D eigenvalue weighted by Gasteiger charge is -2.35. The quantitative estimate of drug-likeness (QED) is 0.843. The Kier molecular flexibility index (Phi) is 6.52. The molecular weight excluding hydrogens is 328 g/mol. The van der Waals surface area contributed by atoms with Crippen LogP contribution in [-0.4, -0.2) is 43.2 Å². The minimum atomic E-state index is 0.286. The van der Waals surface area contributed by atoms with E-state index in [-0.39, 0.29) is 5.54 Å². The predicted molar refractivity (Wildman–Crippen MR) is 92.0 cm³/mol. The van der Waals surface area contributed by atoms with Gasteiger partial charge in [-0.3, -0.25) is 4.90 Å². The fraction of sp³-hybridized carbons (Fsp3) is 0.647. The smallest absolute Gasteiger partial charge is 0.119 e. The third-order valence-electron chi connectivity index (χ3n) is 4.52. The van der Waals surface area contributed by atoms with Crippen LogP contribution >= 0.6 is 15.9 Å². The molecule has 0 spiro atoms. The maximum atomic E-state index is 5.86. The van der Waals surface area contributed by atoms with Crippen molar-refractivity contribution < 1.29 is 4.74 Å². The van der Waals surface area contributed by atoms with Gasteiger partial charge in [0.25, 0.3) is 0 Å².